The Bertz CT molecular complexity index is 666. The molecule has 0 saturated heterocycles. The maximum absolute atomic E-state index is 13.5. The average Bonchev–Trinajstić information content (AvgIpc) is 2.45. The second-order valence-electron chi connectivity index (χ2n) is 4.23. The van der Waals surface area contributed by atoms with Crippen molar-refractivity contribution in [3.63, 3.8) is 0 Å². The lowest BCUT2D eigenvalue weighted by atomic mass is 10.1. The molecule has 0 unspecified atom stereocenters. The van der Waals surface area contributed by atoms with Crippen molar-refractivity contribution < 1.29 is 18.7 Å². The molecule has 4 nitrogen and oxygen atoms in total. The highest BCUT2D eigenvalue weighted by molar-refractivity contribution is 6.33. The monoisotopic (exact) mass is 307 g/mol. The van der Waals surface area contributed by atoms with E-state index in [9.17, 15) is 14.0 Å². The fraction of sp³-hybridized carbons (Fsp3) is 0.0667. The number of halogens is 2. The third-order valence-electron chi connectivity index (χ3n) is 2.78. The minimum atomic E-state index is -0.850. The minimum absolute atomic E-state index is 0.0101. The molecule has 0 bridgehead atoms. The van der Waals surface area contributed by atoms with Crippen molar-refractivity contribution in [2.45, 2.75) is 6.61 Å². The number of rotatable bonds is 4. The van der Waals surface area contributed by atoms with Crippen LogP contribution in [0.5, 0.6) is 0 Å². The molecule has 2 rings (SSSR count). The molecule has 0 aliphatic rings. The van der Waals surface area contributed by atoms with Crippen molar-refractivity contribution >= 4 is 23.5 Å². The first kappa shape index (κ1) is 15.0. The average molecular weight is 308 g/mol. The van der Waals surface area contributed by atoms with E-state index < -0.39 is 17.7 Å². The van der Waals surface area contributed by atoms with Crippen LogP contribution in [-0.2, 0) is 11.3 Å². The van der Waals surface area contributed by atoms with Gasteiger partial charge in [0.05, 0.1) is 5.02 Å². The van der Waals surface area contributed by atoms with Gasteiger partial charge in [-0.25, -0.2) is 9.18 Å². The van der Waals surface area contributed by atoms with Gasteiger partial charge in [0.15, 0.2) is 0 Å². The van der Waals surface area contributed by atoms with Crippen molar-refractivity contribution in [3.8, 4) is 0 Å². The van der Waals surface area contributed by atoms with Crippen LogP contribution in [0.15, 0.2) is 42.5 Å². The molecule has 2 aromatic rings. The number of esters is 1. The Labute approximate surface area is 125 Å². The van der Waals surface area contributed by atoms with Gasteiger partial charge in [-0.3, -0.25) is 4.79 Å². The van der Waals surface area contributed by atoms with Gasteiger partial charge in [0.25, 0.3) is 0 Å². The van der Waals surface area contributed by atoms with Crippen LogP contribution in [0.2, 0.25) is 5.02 Å². The van der Waals surface area contributed by atoms with Crippen molar-refractivity contribution in [2.75, 3.05) is 0 Å². The summed E-state index contributed by atoms with van der Waals surface area (Å²) in [4.78, 5) is 22.7. The second-order valence-corrected chi connectivity index (χ2v) is 4.64. The maximum Gasteiger partial charge on any atom is 0.342 e. The van der Waals surface area contributed by atoms with Crippen LogP contribution < -0.4 is 5.73 Å². The van der Waals surface area contributed by atoms with E-state index in [0.717, 1.165) is 6.07 Å². The number of carbonyl (C=O) groups is 2. The first-order chi connectivity index (χ1) is 9.99. The molecule has 0 fully saturated rings. The van der Waals surface area contributed by atoms with Crippen LogP contribution in [0.3, 0.4) is 0 Å². The zero-order chi connectivity index (χ0) is 15.4. The van der Waals surface area contributed by atoms with Crippen LogP contribution in [0.1, 0.15) is 26.3 Å². The first-order valence-electron chi connectivity index (χ1n) is 5.99. The van der Waals surface area contributed by atoms with Crippen molar-refractivity contribution in [3.05, 3.63) is 70.0 Å². The fourth-order valence-electron chi connectivity index (χ4n) is 1.68. The van der Waals surface area contributed by atoms with Crippen molar-refractivity contribution in [2.24, 2.45) is 5.73 Å². The highest BCUT2D eigenvalue weighted by Gasteiger charge is 2.17. The molecule has 0 spiro atoms. The molecule has 0 aliphatic heterocycles. The summed E-state index contributed by atoms with van der Waals surface area (Å²) in [5, 5.41) is -0.0101. The summed E-state index contributed by atoms with van der Waals surface area (Å²) in [5.74, 6) is -2.13. The van der Waals surface area contributed by atoms with E-state index in [0.29, 0.717) is 11.1 Å². The van der Waals surface area contributed by atoms with Crippen molar-refractivity contribution in [1.82, 2.24) is 0 Å². The lowest BCUT2D eigenvalue weighted by molar-refractivity contribution is 0.0467. The number of benzene rings is 2. The van der Waals surface area contributed by atoms with E-state index in [2.05, 4.69) is 0 Å². The van der Waals surface area contributed by atoms with Crippen LogP contribution in [-0.4, -0.2) is 11.9 Å². The standard InChI is InChI=1S/C15H11ClFNO3/c16-11-2-1-3-12(17)13(11)15(20)21-8-9-4-6-10(7-5-9)14(18)19/h1-7H,8H2,(H2,18,19). The lowest BCUT2D eigenvalue weighted by Gasteiger charge is -2.07. The maximum atomic E-state index is 13.5. The minimum Gasteiger partial charge on any atom is -0.457 e. The predicted octanol–water partition coefficient (Wildman–Crippen LogP) is 2.94. The van der Waals surface area contributed by atoms with Gasteiger partial charge >= 0.3 is 5.97 Å². The summed E-state index contributed by atoms with van der Waals surface area (Å²) in [7, 11) is 0. The Hall–Kier alpha value is -2.40. The molecule has 2 aromatic carbocycles. The highest BCUT2D eigenvalue weighted by Crippen LogP contribution is 2.20. The molecule has 108 valence electrons. The largest absolute Gasteiger partial charge is 0.457 e. The molecule has 0 saturated carbocycles. The number of amides is 1. The Kier molecular flexibility index (Phi) is 4.55. The van der Waals surface area contributed by atoms with E-state index in [4.69, 9.17) is 22.1 Å². The fourth-order valence-corrected chi connectivity index (χ4v) is 1.92. The second kappa shape index (κ2) is 6.37. The van der Waals surface area contributed by atoms with Gasteiger partial charge in [0, 0.05) is 5.56 Å². The van der Waals surface area contributed by atoms with E-state index in [1.807, 2.05) is 0 Å². The SMILES string of the molecule is NC(=O)c1ccc(COC(=O)c2c(F)cccc2Cl)cc1. The summed E-state index contributed by atoms with van der Waals surface area (Å²) >= 11 is 5.77. The molecule has 21 heavy (non-hydrogen) atoms. The summed E-state index contributed by atoms with van der Waals surface area (Å²) in [5.41, 5.74) is 5.81. The molecular weight excluding hydrogens is 297 g/mol. The van der Waals surface area contributed by atoms with E-state index >= 15 is 0 Å². The Morgan fingerprint density at radius 2 is 1.81 bits per heavy atom. The molecule has 0 aliphatic carbocycles. The van der Waals surface area contributed by atoms with Gasteiger partial charge in [-0.1, -0.05) is 29.8 Å². The predicted molar refractivity (Wildman–Crippen MR) is 75.5 cm³/mol. The van der Waals surface area contributed by atoms with Crippen LogP contribution in [0.25, 0.3) is 0 Å². The smallest absolute Gasteiger partial charge is 0.342 e. The molecule has 0 atom stereocenters. The van der Waals surface area contributed by atoms with Gasteiger partial charge in [0.2, 0.25) is 5.91 Å². The Morgan fingerprint density at radius 3 is 2.38 bits per heavy atom. The number of hydrogen-bond donors (Lipinski definition) is 1. The van der Waals surface area contributed by atoms with E-state index in [1.165, 1.54) is 24.3 Å². The summed E-state index contributed by atoms with van der Waals surface area (Å²) in [6, 6.07) is 10.2. The zero-order valence-corrected chi connectivity index (χ0v) is 11.6. The van der Waals surface area contributed by atoms with Crippen LogP contribution in [0, 0.1) is 5.82 Å². The third kappa shape index (κ3) is 3.58. The normalized spacial score (nSPS) is 10.2. The number of hydrogen-bond acceptors (Lipinski definition) is 3. The first-order valence-corrected chi connectivity index (χ1v) is 6.36. The molecule has 0 aromatic heterocycles. The van der Waals surface area contributed by atoms with Gasteiger partial charge in [-0.05, 0) is 29.8 Å². The topological polar surface area (TPSA) is 69.4 Å². The number of ether oxygens (including phenoxy) is 1. The van der Waals surface area contributed by atoms with Gasteiger partial charge < -0.3 is 10.5 Å². The molecule has 6 heteroatoms. The molecule has 0 radical (unpaired) electrons. The van der Waals surface area contributed by atoms with E-state index in [-0.39, 0.29) is 17.2 Å². The third-order valence-corrected chi connectivity index (χ3v) is 3.09. The zero-order valence-electron chi connectivity index (χ0n) is 10.8. The molecule has 1 amide bonds. The number of carbonyl (C=O) groups excluding carboxylic acids is 2. The quantitative estimate of drug-likeness (QED) is 0.883. The molecular formula is C15H11ClFNO3. The van der Waals surface area contributed by atoms with Crippen LogP contribution in [0.4, 0.5) is 4.39 Å². The highest BCUT2D eigenvalue weighted by atomic mass is 35.5. The Morgan fingerprint density at radius 1 is 1.14 bits per heavy atom. The van der Waals surface area contributed by atoms with Gasteiger partial charge in [-0.15, -0.1) is 0 Å². The van der Waals surface area contributed by atoms with E-state index in [1.54, 1.807) is 12.1 Å². The molecule has 2 N–H and O–H groups in total. The Balaban J connectivity index is 2.06. The summed E-state index contributed by atoms with van der Waals surface area (Å²) in [6.45, 7) is -0.0669. The van der Waals surface area contributed by atoms with Crippen LogP contribution >= 0.6 is 11.6 Å². The lowest BCUT2D eigenvalue weighted by Crippen LogP contribution is -2.11. The summed E-state index contributed by atoms with van der Waals surface area (Å²) in [6.07, 6.45) is 0. The van der Waals surface area contributed by atoms with Crippen molar-refractivity contribution in [1.29, 1.82) is 0 Å². The van der Waals surface area contributed by atoms with Gasteiger partial charge in [0.1, 0.15) is 18.0 Å². The summed E-state index contributed by atoms with van der Waals surface area (Å²) < 4.78 is 18.5. The number of primary amides is 1. The van der Waals surface area contributed by atoms with Gasteiger partial charge in [-0.2, -0.15) is 0 Å². The molecule has 0 heterocycles. The number of nitrogens with two attached hydrogens (primary N) is 1.